The lowest BCUT2D eigenvalue weighted by Gasteiger charge is -2.39. The van der Waals surface area contributed by atoms with Crippen LogP contribution < -0.4 is 15.2 Å². The fourth-order valence-electron chi connectivity index (χ4n) is 4.05. The first-order chi connectivity index (χ1) is 17.2. The van der Waals surface area contributed by atoms with E-state index in [9.17, 15) is 19.5 Å². The van der Waals surface area contributed by atoms with E-state index < -0.39 is 11.4 Å². The van der Waals surface area contributed by atoms with Crippen molar-refractivity contribution in [3.63, 3.8) is 0 Å². The largest absolute Gasteiger partial charge is 0.477 e. The van der Waals surface area contributed by atoms with Crippen LogP contribution in [-0.2, 0) is 11.2 Å². The van der Waals surface area contributed by atoms with E-state index in [1.54, 1.807) is 25.4 Å². The predicted molar refractivity (Wildman–Crippen MR) is 133 cm³/mol. The van der Waals surface area contributed by atoms with Crippen molar-refractivity contribution < 1.29 is 14.7 Å². The van der Waals surface area contributed by atoms with E-state index in [0.717, 1.165) is 17.2 Å². The molecule has 5 rings (SSSR count). The van der Waals surface area contributed by atoms with Gasteiger partial charge in [-0.3, -0.25) is 14.2 Å². The third kappa shape index (κ3) is 4.17. The zero-order valence-electron chi connectivity index (χ0n) is 19.7. The van der Waals surface area contributed by atoms with Gasteiger partial charge in [0.05, 0.1) is 35.8 Å². The van der Waals surface area contributed by atoms with Gasteiger partial charge in [-0.25, -0.2) is 24.7 Å². The summed E-state index contributed by atoms with van der Waals surface area (Å²) in [7, 11) is 3.79. The van der Waals surface area contributed by atoms with Gasteiger partial charge in [0.15, 0.2) is 5.65 Å². The lowest BCUT2D eigenvalue weighted by Crippen LogP contribution is -2.51. The number of anilines is 2. The summed E-state index contributed by atoms with van der Waals surface area (Å²) in [5.41, 5.74) is 0.769. The Morgan fingerprint density at radius 1 is 1.19 bits per heavy atom. The van der Waals surface area contributed by atoms with Crippen LogP contribution >= 0.6 is 11.5 Å². The Labute approximate surface area is 209 Å². The number of hydrogen-bond acceptors (Lipinski definition) is 11. The van der Waals surface area contributed by atoms with E-state index in [1.165, 1.54) is 17.1 Å². The maximum absolute atomic E-state index is 12.9. The molecule has 1 N–H and O–H groups in total. The molecule has 1 fully saturated rings. The molecule has 0 aromatic carbocycles. The number of Topliss-reactive ketones (excluding diaryl/α,β-unsaturated/α-hetero) is 1. The van der Waals surface area contributed by atoms with Gasteiger partial charge in [-0.1, -0.05) is 0 Å². The maximum Gasteiger partial charge on any atom is 0.341 e. The molecule has 0 aliphatic carbocycles. The average Bonchev–Trinajstić information content (AvgIpc) is 3.33. The first-order valence-electron chi connectivity index (χ1n) is 11.1. The fourth-order valence-corrected chi connectivity index (χ4v) is 4.56. The molecule has 4 aromatic heterocycles. The number of aryl methyl sites for hydroxylation is 1. The summed E-state index contributed by atoms with van der Waals surface area (Å²) in [6.45, 7) is 2.69. The first-order valence-corrected chi connectivity index (χ1v) is 11.8. The Hall–Kier alpha value is -4.26. The third-order valence-electron chi connectivity index (χ3n) is 6.13. The Balaban J connectivity index is 1.40. The maximum atomic E-state index is 12.9. The van der Waals surface area contributed by atoms with E-state index in [0.29, 0.717) is 41.1 Å². The zero-order valence-corrected chi connectivity index (χ0v) is 20.6. The van der Waals surface area contributed by atoms with E-state index >= 15 is 0 Å². The summed E-state index contributed by atoms with van der Waals surface area (Å²) in [4.78, 5) is 58.6. The molecule has 0 atom stereocenters. The molecule has 0 radical (unpaired) electrons. The number of carboxylic acid groups (broad SMARTS) is 1. The minimum absolute atomic E-state index is 0.0539. The smallest absolute Gasteiger partial charge is 0.341 e. The molecule has 0 unspecified atom stereocenters. The summed E-state index contributed by atoms with van der Waals surface area (Å²) in [6, 6.07) is 1.74. The number of aromatic carboxylic acids is 1. The van der Waals surface area contributed by atoms with E-state index in [4.69, 9.17) is 0 Å². The number of ketones is 1. The molecule has 1 aliphatic heterocycles. The molecule has 36 heavy (non-hydrogen) atoms. The monoisotopic (exact) mass is 506 g/mol. The molecule has 4 aromatic rings. The highest BCUT2D eigenvalue weighted by molar-refractivity contribution is 7.08. The molecule has 5 heterocycles. The van der Waals surface area contributed by atoms with Gasteiger partial charge in [-0.15, -0.1) is 0 Å². The predicted octanol–water partition coefficient (Wildman–Crippen LogP) is 1.35. The number of hydrogen-bond donors (Lipinski definition) is 1. The quantitative estimate of drug-likeness (QED) is 0.387. The third-order valence-corrected chi connectivity index (χ3v) is 6.79. The van der Waals surface area contributed by atoms with Gasteiger partial charge < -0.3 is 14.9 Å². The van der Waals surface area contributed by atoms with Gasteiger partial charge in [-0.05, 0) is 18.6 Å². The minimum Gasteiger partial charge on any atom is -0.477 e. The van der Waals surface area contributed by atoms with Crippen LogP contribution in [0.25, 0.3) is 16.2 Å². The van der Waals surface area contributed by atoms with Crippen molar-refractivity contribution in [2.45, 2.75) is 13.3 Å². The number of nitrogens with zero attached hydrogens (tertiary/aromatic N) is 8. The molecule has 13 heteroatoms. The van der Waals surface area contributed by atoms with Crippen molar-refractivity contribution >= 4 is 45.8 Å². The van der Waals surface area contributed by atoms with Crippen molar-refractivity contribution in [1.29, 1.82) is 0 Å². The Kier molecular flexibility index (Phi) is 5.92. The molecule has 12 nitrogen and oxygen atoms in total. The van der Waals surface area contributed by atoms with Gasteiger partial charge in [0.1, 0.15) is 29.3 Å². The van der Waals surface area contributed by atoms with Crippen LogP contribution in [0.3, 0.4) is 0 Å². The summed E-state index contributed by atoms with van der Waals surface area (Å²) < 4.78 is 5.46. The number of rotatable bonds is 7. The molecule has 0 saturated carbocycles. The molecule has 1 saturated heterocycles. The highest BCUT2D eigenvalue weighted by Gasteiger charge is 2.34. The van der Waals surface area contributed by atoms with Crippen LogP contribution in [-0.4, -0.2) is 72.9 Å². The van der Waals surface area contributed by atoms with E-state index in [1.807, 2.05) is 23.9 Å². The van der Waals surface area contributed by atoms with E-state index in [-0.39, 0.29) is 29.1 Å². The number of aromatic nitrogens is 6. The van der Waals surface area contributed by atoms with Crippen LogP contribution in [0, 0.1) is 12.8 Å². The Morgan fingerprint density at radius 3 is 2.53 bits per heavy atom. The van der Waals surface area contributed by atoms with Crippen molar-refractivity contribution in [2.75, 3.05) is 37.0 Å². The van der Waals surface area contributed by atoms with E-state index in [2.05, 4.69) is 24.3 Å². The second-order valence-corrected chi connectivity index (χ2v) is 9.52. The number of fused-ring (bicyclic) bond motifs is 1. The number of carbonyl (C=O) groups is 2. The second kappa shape index (κ2) is 9.07. The van der Waals surface area contributed by atoms with Crippen LogP contribution in [0.4, 0.5) is 11.5 Å². The summed E-state index contributed by atoms with van der Waals surface area (Å²) in [6.07, 6.45) is 6.12. The fraction of sp³-hybridized carbons (Fsp3) is 0.304. The summed E-state index contributed by atoms with van der Waals surface area (Å²) >= 11 is 1.06. The summed E-state index contributed by atoms with van der Waals surface area (Å²) in [5.74, 6) is -0.374. The van der Waals surface area contributed by atoms with Crippen molar-refractivity contribution in [3.8, 4) is 5.13 Å². The van der Waals surface area contributed by atoms with Gasteiger partial charge >= 0.3 is 5.97 Å². The van der Waals surface area contributed by atoms with Gasteiger partial charge in [0.2, 0.25) is 10.6 Å². The topological polar surface area (TPSA) is 147 Å². The second-order valence-electron chi connectivity index (χ2n) is 8.76. The molecule has 0 bridgehead atoms. The van der Waals surface area contributed by atoms with Crippen molar-refractivity contribution in [2.24, 2.45) is 5.92 Å². The highest BCUT2D eigenvalue weighted by Crippen LogP contribution is 2.29. The molecule has 1 aliphatic rings. The van der Waals surface area contributed by atoms with Crippen LogP contribution in [0.2, 0.25) is 0 Å². The average molecular weight is 507 g/mol. The molecule has 0 amide bonds. The summed E-state index contributed by atoms with van der Waals surface area (Å²) in [5, 5.41) is 10.1. The van der Waals surface area contributed by atoms with Gasteiger partial charge in [0.25, 0.3) is 0 Å². The number of carbonyl (C=O) groups excluding carboxylic acids is 1. The molecule has 0 spiro atoms. The van der Waals surface area contributed by atoms with Crippen LogP contribution in [0.5, 0.6) is 0 Å². The normalized spacial score (nSPS) is 13.6. The number of carboxylic acids is 1. The first kappa shape index (κ1) is 23.5. The minimum atomic E-state index is -1.33. The van der Waals surface area contributed by atoms with Gasteiger partial charge in [-0.2, -0.15) is 4.37 Å². The van der Waals surface area contributed by atoms with Crippen LogP contribution in [0.1, 0.15) is 21.7 Å². The SMILES string of the molecule is Cc1cc(N2CC(C(=O)Cc3ncc(N(C)C)cn3)C2)nc2c1c(=O)c(C(=O)O)cn2-c1ncns1. The molecular formula is C23H22N8O4S. The lowest BCUT2D eigenvalue weighted by molar-refractivity contribution is -0.123. The van der Waals surface area contributed by atoms with Crippen LogP contribution in [0.15, 0.2) is 35.8 Å². The Morgan fingerprint density at radius 2 is 1.92 bits per heavy atom. The van der Waals surface area contributed by atoms with Crippen molar-refractivity contribution in [1.82, 2.24) is 28.9 Å². The van der Waals surface area contributed by atoms with Gasteiger partial charge in [0, 0.05) is 44.9 Å². The van der Waals surface area contributed by atoms with Crippen molar-refractivity contribution in [3.05, 3.63) is 58.2 Å². The lowest BCUT2D eigenvalue weighted by atomic mass is 9.93. The molecular weight excluding hydrogens is 484 g/mol. The standard InChI is InChI=1S/C23H22N8O4S/c1-12-4-18(30-8-13(9-30)16(32)5-17-24-6-14(7-25-17)29(2)3)28-21-19(12)20(33)15(22(34)35)10-31(21)23-26-11-27-36-23/h4,6-7,10-11,13H,5,8-9H2,1-3H3,(H,34,35). The zero-order chi connectivity index (χ0) is 25.6. The number of pyridine rings is 2. The Bertz CT molecular complexity index is 1530. The molecule has 184 valence electrons. The highest BCUT2D eigenvalue weighted by atomic mass is 32.1.